The largest absolute Gasteiger partial charge is 0.457 e. The molecule has 54 heavy (non-hydrogen) atoms. The normalized spacial score (nSPS) is 29.4. The minimum Gasteiger partial charge on any atom is -0.457 e. The first kappa shape index (κ1) is 49.1. The zero-order valence-corrected chi connectivity index (χ0v) is 33.2. The van der Waals surface area contributed by atoms with Crippen molar-refractivity contribution in [2.75, 3.05) is 33.0 Å². The summed E-state index contributed by atoms with van der Waals surface area (Å²) in [6, 6.07) is 0. The fraction of sp³-hybridized carbons (Fsp3) is 0.975. The van der Waals surface area contributed by atoms with Crippen LogP contribution in [0.4, 0.5) is 0 Å². The van der Waals surface area contributed by atoms with Gasteiger partial charge >= 0.3 is 5.97 Å². The van der Waals surface area contributed by atoms with Crippen LogP contribution in [-0.2, 0) is 33.2 Å². The summed E-state index contributed by atoms with van der Waals surface area (Å²) in [5.41, 5.74) is 0. The highest BCUT2D eigenvalue weighted by molar-refractivity contribution is 5.69. The van der Waals surface area contributed by atoms with E-state index >= 15 is 0 Å². The van der Waals surface area contributed by atoms with Crippen molar-refractivity contribution in [1.82, 2.24) is 0 Å². The summed E-state index contributed by atoms with van der Waals surface area (Å²) in [7, 11) is 0. The maximum absolute atomic E-state index is 12.8. The highest BCUT2D eigenvalue weighted by atomic mass is 16.7. The quantitative estimate of drug-likeness (QED) is 0.0383. The van der Waals surface area contributed by atoms with E-state index < -0.39 is 80.7 Å². The van der Waals surface area contributed by atoms with Crippen LogP contribution in [0, 0.1) is 0 Å². The van der Waals surface area contributed by atoms with Crippen molar-refractivity contribution in [3.8, 4) is 0 Å². The van der Waals surface area contributed by atoms with Crippen molar-refractivity contribution >= 4 is 5.97 Å². The van der Waals surface area contributed by atoms with Crippen LogP contribution in [0.25, 0.3) is 0 Å². The third-order valence-corrected chi connectivity index (χ3v) is 10.4. The summed E-state index contributed by atoms with van der Waals surface area (Å²) in [5, 5.41) is 71.6. The van der Waals surface area contributed by atoms with Gasteiger partial charge in [0.1, 0.15) is 54.9 Å². The van der Waals surface area contributed by atoms with Crippen molar-refractivity contribution < 1.29 is 69.0 Å². The first-order chi connectivity index (χ1) is 26.1. The molecule has 2 heterocycles. The van der Waals surface area contributed by atoms with E-state index in [1.54, 1.807) is 0 Å². The van der Waals surface area contributed by atoms with Crippen LogP contribution >= 0.6 is 0 Å². The van der Waals surface area contributed by atoms with Gasteiger partial charge in [0.15, 0.2) is 12.6 Å². The van der Waals surface area contributed by atoms with Crippen LogP contribution in [0.2, 0.25) is 0 Å². The van der Waals surface area contributed by atoms with E-state index in [0.717, 1.165) is 38.5 Å². The molecular formula is C40H76O14. The van der Waals surface area contributed by atoms with Crippen molar-refractivity contribution in [2.45, 2.75) is 216 Å². The van der Waals surface area contributed by atoms with Gasteiger partial charge in [-0.05, 0) is 12.8 Å². The van der Waals surface area contributed by atoms with Gasteiger partial charge in [-0.25, -0.2) is 0 Å². The molecule has 2 rings (SSSR count). The fourth-order valence-electron chi connectivity index (χ4n) is 6.81. The second-order valence-corrected chi connectivity index (χ2v) is 15.2. The lowest BCUT2D eigenvalue weighted by Crippen LogP contribution is -2.61. The van der Waals surface area contributed by atoms with Gasteiger partial charge in [0.25, 0.3) is 0 Å². The van der Waals surface area contributed by atoms with E-state index in [9.17, 15) is 40.5 Å². The molecule has 0 radical (unpaired) electrons. The molecule has 14 nitrogen and oxygen atoms in total. The summed E-state index contributed by atoms with van der Waals surface area (Å²) in [4.78, 5) is 12.8. The van der Waals surface area contributed by atoms with E-state index in [-0.39, 0.29) is 25.6 Å². The Hall–Kier alpha value is -1.01. The van der Waals surface area contributed by atoms with Gasteiger partial charge < -0.3 is 64.2 Å². The van der Waals surface area contributed by atoms with Gasteiger partial charge in [-0.15, -0.1) is 0 Å². The molecule has 0 bridgehead atoms. The summed E-state index contributed by atoms with van der Waals surface area (Å²) in [6.45, 7) is 3.65. The standard InChI is InChI=1S/C40H76O14/c1-3-5-7-9-11-13-14-16-18-20-22-24-49-26-29(52-32(42)23-21-19-17-15-12-10-8-6-4-2)27-50-39-38(48)36(46)34(44)31(54-39)28-51-40-37(47)35(45)33(43)30(25-41)53-40/h29-31,33-41,43-48H,3-28H2,1-2H3. The first-order valence-electron chi connectivity index (χ1n) is 21.1. The van der Waals surface area contributed by atoms with Crippen molar-refractivity contribution in [3.63, 3.8) is 0 Å². The number of aliphatic hydroxyl groups excluding tert-OH is 7. The minimum absolute atomic E-state index is 0.0684. The lowest BCUT2D eigenvalue weighted by molar-refractivity contribution is -0.332. The maximum atomic E-state index is 12.8. The number of carbonyl (C=O) groups is 1. The minimum atomic E-state index is -1.70. The topological polar surface area (TPSA) is 214 Å². The Balaban J connectivity index is 1.84. The zero-order valence-electron chi connectivity index (χ0n) is 33.2. The van der Waals surface area contributed by atoms with Crippen LogP contribution < -0.4 is 0 Å². The van der Waals surface area contributed by atoms with Crippen LogP contribution in [0.3, 0.4) is 0 Å². The third kappa shape index (κ3) is 19.4. The monoisotopic (exact) mass is 781 g/mol. The van der Waals surface area contributed by atoms with E-state index in [0.29, 0.717) is 13.0 Å². The van der Waals surface area contributed by atoms with Gasteiger partial charge in [0, 0.05) is 13.0 Å². The molecule has 320 valence electrons. The lowest BCUT2D eigenvalue weighted by Gasteiger charge is -2.42. The van der Waals surface area contributed by atoms with Crippen LogP contribution in [0.15, 0.2) is 0 Å². The number of hydrogen-bond donors (Lipinski definition) is 7. The number of aliphatic hydroxyl groups is 7. The predicted octanol–water partition coefficient (Wildman–Crippen LogP) is 3.79. The number of carbonyl (C=O) groups excluding carboxylic acids is 1. The molecule has 0 saturated carbocycles. The number of ether oxygens (including phenoxy) is 6. The number of unbranched alkanes of at least 4 members (excludes halogenated alkanes) is 18. The highest BCUT2D eigenvalue weighted by Crippen LogP contribution is 2.26. The number of rotatable bonds is 32. The molecule has 2 aliphatic heterocycles. The smallest absolute Gasteiger partial charge is 0.306 e. The second kappa shape index (κ2) is 30.1. The Morgan fingerprint density at radius 3 is 1.50 bits per heavy atom. The first-order valence-corrected chi connectivity index (χ1v) is 21.1. The lowest BCUT2D eigenvalue weighted by atomic mass is 9.98. The molecule has 0 aromatic rings. The van der Waals surface area contributed by atoms with Crippen LogP contribution in [0.1, 0.15) is 149 Å². The van der Waals surface area contributed by atoms with Gasteiger partial charge in [-0.2, -0.15) is 0 Å². The number of esters is 1. The summed E-state index contributed by atoms with van der Waals surface area (Å²) in [6.07, 6.45) is 7.60. The zero-order chi connectivity index (χ0) is 39.6. The molecule has 0 aromatic heterocycles. The summed E-state index contributed by atoms with van der Waals surface area (Å²) >= 11 is 0. The summed E-state index contributed by atoms with van der Waals surface area (Å²) in [5.74, 6) is -0.379. The molecule has 11 atom stereocenters. The van der Waals surface area contributed by atoms with Gasteiger partial charge in [0.2, 0.25) is 0 Å². The molecule has 0 aromatic carbocycles. The average molecular weight is 781 g/mol. The molecule has 0 aliphatic carbocycles. The molecule has 7 N–H and O–H groups in total. The van der Waals surface area contributed by atoms with E-state index in [2.05, 4.69) is 13.8 Å². The number of hydrogen-bond acceptors (Lipinski definition) is 14. The van der Waals surface area contributed by atoms with Gasteiger partial charge in [-0.1, -0.05) is 129 Å². The highest BCUT2D eigenvalue weighted by Gasteiger charge is 2.47. The van der Waals surface area contributed by atoms with E-state index in [1.807, 2.05) is 0 Å². The van der Waals surface area contributed by atoms with Gasteiger partial charge in [0.05, 0.1) is 26.4 Å². The Morgan fingerprint density at radius 1 is 0.537 bits per heavy atom. The molecule has 2 fully saturated rings. The Morgan fingerprint density at radius 2 is 0.981 bits per heavy atom. The molecule has 2 saturated heterocycles. The molecular weight excluding hydrogens is 704 g/mol. The maximum Gasteiger partial charge on any atom is 0.306 e. The van der Waals surface area contributed by atoms with E-state index in [4.69, 9.17) is 28.4 Å². The Labute approximate surface area is 323 Å². The van der Waals surface area contributed by atoms with Crippen molar-refractivity contribution in [1.29, 1.82) is 0 Å². The molecule has 14 heteroatoms. The fourth-order valence-corrected chi connectivity index (χ4v) is 6.81. The SMILES string of the molecule is CCCCCCCCCCCCCOCC(COC1OC(COC2OC(CO)C(O)C(O)C2O)C(O)C(O)C1O)OC(=O)CCCCCCCCCCC. The summed E-state index contributed by atoms with van der Waals surface area (Å²) < 4.78 is 34.0. The molecule has 2 aliphatic rings. The molecule has 0 spiro atoms. The van der Waals surface area contributed by atoms with E-state index in [1.165, 1.54) is 83.5 Å². The van der Waals surface area contributed by atoms with Crippen molar-refractivity contribution in [2.24, 2.45) is 0 Å². The second-order valence-electron chi connectivity index (χ2n) is 15.2. The Kier molecular flexibility index (Phi) is 27.4. The van der Waals surface area contributed by atoms with Gasteiger partial charge in [-0.3, -0.25) is 4.79 Å². The average Bonchev–Trinajstić information content (AvgIpc) is 3.16. The Bertz CT molecular complexity index is 912. The molecule has 11 unspecified atom stereocenters. The predicted molar refractivity (Wildman–Crippen MR) is 201 cm³/mol. The van der Waals surface area contributed by atoms with Crippen LogP contribution in [0.5, 0.6) is 0 Å². The third-order valence-electron chi connectivity index (χ3n) is 10.4. The molecule has 0 amide bonds. The van der Waals surface area contributed by atoms with Crippen LogP contribution in [-0.4, -0.2) is 142 Å². The van der Waals surface area contributed by atoms with Crippen molar-refractivity contribution in [3.05, 3.63) is 0 Å².